The maximum atomic E-state index is 14.5. The second-order valence-electron chi connectivity index (χ2n) is 8.48. The molecule has 1 aromatic rings. The Bertz CT molecular complexity index is 1030. The third kappa shape index (κ3) is 4.43. The number of rotatable bonds is 5. The molecule has 0 spiro atoms. The van der Waals surface area contributed by atoms with Crippen LogP contribution in [0.2, 0.25) is 0 Å². The van der Waals surface area contributed by atoms with Crippen LogP contribution in [-0.4, -0.2) is 76.0 Å². The summed E-state index contributed by atoms with van der Waals surface area (Å²) in [5.41, 5.74) is 7.85. The fourth-order valence-corrected chi connectivity index (χ4v) is 5.45. The van der Waals surface area contributed by atoms with Crippen molar-refractivity contribution in [2.45, 2.75) is 44.1 Å². The molecule has 1 fully saturated rings. The standard InChI is InChI=1S/C19H25F2N5O4S/c1-31(29,30)26-7-11-6-24(9-17(11)23-26)13-5-16(22)19(25(8-13)10-18(27)28)14-4-12(20)2-3-15(14)21/h2-3,7,13-14,16,19H,4-6,8-10,22H2,1H3,(H,27,28)/t13?,14?,16?,19-/m1/s1. The van der Waals surface area contributed by atoms with Gasteiger partial charge in [-0.15, -0.1) is 0 Å². The van der Waals surface area contributed by atoms with Gasteiger partial charge in [0.05, 0.1) is 18.5 Å². The normalized spacial score (nSPS) is 30.1. The van der Waals surface area contributed by atoms with Gasteiger partial charge in [-0.3, -0.25) is 14.6 Å². The molecule has 4 rings (SSSR count). The third-order valence-electron chi connectivity index (χ3n) is 6.23. The van der Waals surface area contributed by atoms with E-state index in [-0.39, 0.29) is 19.0 Å². The molecular formula is C19H25F2N5O4S. The number of piperidine rings is 1. The first-order valence-corrected chi connectivity index (χ1v) is 11.8. The molecule has 12 heteroatoms. The van der Waals surface area contributed by atoms with E-state index in [1.165, 1.54) is 6.20 Å². The van der Waals surface area contributed by atoms with Crippen molar-refractivity contribution in [3.05, 3.63) is 41.3 Å². The zero-order valence-electron chi connectivity index (χ0n) is 17.0. The van der Waals surface area contributed by atoms with Crippen LogP contribution in [0.3, 0.4) is 0 Å². The second kappa shape index (κ2) is 8.08. The number of fused-ring (bicyclic) bond motifs is 1. The predicted octanol–water partition coefficient (Wildman–Crippen LogP) is 0.588. The zero-order valence-corrected chi connectivity index (χ0v) is 17.8. The van der Waals surface area contributed by atoms with Crippen LogP contribution in [0.25, 0.3) is 0 Å². The number of carboxylic acids is 1. The zero-order chi connectivity index (χ0) is 22.5. The molecule has 0 saturated carbocycles. The molecule has 0 aromatic carbocycles. The van der Waals surface area contributed by atoms with Gasteiger partial charge in [-0.05, 0) is 18.6 Å². The number of carbonyl (C=O) groups is 1. The number of hydrogen-bond donors (Lipinski definition) is 2. The summed E-state index contributed by atoms with van der Waals surface area (Å²) in [4.78, 5) is 15.2. The predicted molar refractivity (Wildman–Crippen MR) is 108 cm³/mol. The maximum absolute atomic E-state index is 14.5. The van der Waals surface area contributed by atoms with Gasteiger partial charge in [-0.25, -0.2) is 17.2 Å². The molecule has 9 nitrogen and oxygen atoms in total. The van der Waals surface area contributed by atoms with E-state index in [1.54, 1.807) is 4.90 Å². The van der Waals surface area contributed by atoms with Gasteiger partial charge < -0.3 is 10.8 Å². The van der Waals surface area contributed by atoms with E-state index in [0.29, 0.717) is 31.7 Å². The van der Waals surface area contributed by atoms with Crippen LogP contribution in [-0.2, 0) is 27.9 Å². The van der Waals surface area contributed by atoms with E-state index in [2.05, 4.69) is 10.00 Å². The van der Waals surface area contributed by atoms with E-state index < -0.39 is 45.6 Å². The summed E-state index contributed by atoms with van der Waals surface area (Å²) in [6, 6.07) is -1.32. The fourth-order valence-electron chi connectivity index (χ4n) is 4.89. The van der Waals surface area contributed by atoms with Crippen molar-refractivity contribution in [2.75, 3.05) is 19.3 Å². The summed E-state index contributed by atoms with van der Waals surface area (Å²) in [5.74, 6) is -2.84. The van der Waals surface area contributed by atoms with Gasteiger partial charge in [0.25, 0.3) is 10.0 Å². The first-order valence-electron chi connectivity index (χ1n) is 9.98. The summed E-state index contributed by atoms with van der Waals surface area (Å²) < 4.78 is 52.7. The number of allylic oxidation sites excluding steroid dienone is 3. The summed E-state index contributed by atoms with van der Waals surface area (Å²) in [5, 5.41) is 13.5. The highest BCUT2D eigenvalue weighted by Crippen LogP contribution is 2.37. The average molecular weight is 458 g/mol. The minimum absolute atomic E-state index is 0.123. The van der Waals surface area contributed by atoms with Crippen LogP contribution in [0.5, 0.6) is 0 Å². The van der Waals surface area contributed by atoms with Crippen LogP contribution < -0.4 is 5.73 Å². The van der Waals surface area contributed by atoms with Crippen molar-refractivity contribution in [1.82, 2.24) is 19.0 Å². The Hall–Kier alpha value is -2.15. The fraction of sp³-hybridized carbons (Fsp3) is 0.579. The minimum Gasteiger partial charge on any atom is -0.480 e. The van der Waals surface area contributed by atoms with Gasteiger partial charge in [0.15, 0.2) is 0 Å². The van der Waals surface area contributed by atoms with Crippen LogP contribution in [0, 0.1) is 5.92 Å². The lowest BCUT2D eigenvalue weighted by molar-refractivity contribution is -0.140. The Labute approximate surface area is 178 Å². The quantitative estimate of drug-likeness (QED) is 0.659. The number of aliphatic carboxylic acids is 1. The lowest BCUT2D eigenvalue weighted by Crippen LogP contribution is -2.63. The molecule has 3 unspecified atom stereocenters. The number of nitrogens with two attached hydrogens (primary N) is 1. The summed E-state index contributed by atoms with van der Waals surface area (Å²) in [7, 11) is -3.47. The second-order valence-corrected chi connectivity index (χ2v) is 10.3. The molecule has 3 aliphatic rings. The van der Waals surface area contributed by atoms with Crippen LogP contribution >= 0.6 is 0 Å². The van der Waals surface area contributed by atoms with E-state index in [0.717, 1.165) is 28.1 Å². The molecule has 0 radical (unpaired) electrons. The molecule has 2 aliphatic heterocycles. The summed E-state index contributed by atoms with van der Waals surface area (Å²) >= 11 is 0. The lowest BCUT2D eigenvalue weighted by atomic mass is 9.80. The van der Waals surface area contributed by atoms with Gasteiger partial charge in [-0.2, -0.15) is 9.19 Å². The SMILES string of the molecule is CS(=O)(=O)n1cc2c(n1)CN(C1CC(N)[C@@H](C3CC(F)=CC=C3F)N(CC(=O)O)C1)C2. The highest BCUT2D eigenvalue weighted by Gasteiger charge is 2.44. The van der Waals surface area contributed by atoms with E-state index in [1.807, 2.05) is 0 Å². The number of nitrogens with zero attached hydrogens (tertiary/aromatic N) is 4. The number of halogens is 2. The van der Waals surface area contributed by atoms with Crippen molar-refractivity contribution in [3.8, 4) is 0 Å². The Morgan fingerprint density at radius 1 is 1.32 bits per heavy atom. The molecule has 0 bridgehead atoms. The third-order valence-corrected chi connectivity index (χ3v) is 7.10. The van der Waals surface area contributed by atoms with Crippen molar-refractivity contribution in [1.29, 1.82) is 0 Å². The molecule has 1 saturated heterocycles. The number of likely N-dealkylation sites (tertiary alicyclic amines) is 1. The molecule has 170 valence electrons. The lowest BCUT2D eigenvalue weighted by Gasteiger charge is -2.48. The van der Waals surface area contributed by atoms with Crippen LogP contribution in [0.1, 0.15) is 24.1 Å². The molecule has 3 N–H and O–H groups in total. The van der Waals surface area contributed by atoms with Crippen LogP contribution in [0.4, 0.5) is 8.78 Å². The highest BCUT2D eigenvalue weighted by molar-refractivity contribution is 7.89. The van der Waals surface area contributed by atoms with Gasteiger partial charge in [0.1, 0.15) is 11.7 Å². The molecule has 0 amide bonds. The molecule has 31 heavy (non-hydrogen) atoms. The first-order chi connectivity index (χ1) is 14.5. The van der Waals surface area contributed by atoms with Crippen LogP contribution in [0.15, 0.2) is 30.0 Å². The molecule has 1 aliphatic carbocycles. The number of hydrogen-bond acceptors (Lipinski definition) is 7. The van der Waals surface area contributed by atoms with E-state index in [9.17, 15) is 27.1 Å². The van der Waals surface area contributed by atoms with Gasteiger partial charge in [0.2, 0.25) is 0 Å². The summed E-state index contributed by atoms with van der Waals surface area (Å²) in [6.45, 7) is 0.873. The number of carboxylic acid groups (broad SMARTS) is 1. The Morgan fingerprint density at radius 2 is 2.06 bits per heavy atom. The topological polar surface area (TPSA) is 122 Å². The smallest absolute Gasteiger partial charge is 0.317 e. The first kappa shape index (κ1) is 22.1. The molecule has 4 atom stereocenters. The summed E-state index contributed by atoms with van der Waals surface area (Å²) in [6.07, 6.45) is 5.07. The minimum atomic E-state index is -3.47. The van der Waals surface area contributed by atoms with Gasteiger partial charge >= 0.3 is 5.97 Å². The maximum Gasteiger partial charge on any atom is 0.317 e. The molecule has 1 aromatic heterocycles. The number of aromatic nitrogens is 2. The Kier molecular flexibility index (Phi) is 5.75. The highest BCUT2D eigenvalue weighted by atomic mass is 32.2. The Balaban J connectivity index is 1.52. The van der Waals surface area contributed by atoms with Gasteiger partial charge in [0, 0.05) is 61.9 Å². The van der Waals surface area contributed by atoms with Crippen molar-refractivity contribution in [3.63, 3.8) is 0 Å². The van der Waals surface area contributed by atoms with E-state index in [4.69, 9.17) is 5.73 Å². The van der Waals surface area contributed by atoms with Crippen molar-refractivity contribution < 1.29 is 27.1 Å². The van der Waals surface area contributed by atoms with Crippen molar-refractivity contribution in [2.24, 2.45) is 11.7 Å². The Morgan fingerprint density at radius 3 is 2.71 bits per heavy atom. The largest absolute Gasteiger partial charge is 0.480 e. The molecule has 3 heterocycles. The van der Waals surface area contributed by atoms with Gasteiger partial charge in [-0.1, -0.05) is 0 Å². The van der Waals surface area contributed by atoms with Crippen molar-refractivity contribution >= 4 is 16.0 Å². The molecular weight excluding hydrogens is 432 g/mol. The average Bonchev–Trinajstić information content (AvgIpc) is 3.22. The van der Waals surface area contributed by atoms with E-state index >= 15 is 0 Å². The monoisotopic (exact) mass is 457 g/mol.